The first-order valence-corrected chi connectivity index (χ1v) is 7.22. The number of rotatable bonds is 4. The lowest BCUT2D eigenvalue weighted by Gasteiger charge is -2.31. The minimum Gasteiger partial charge on any atom is -0.480 e. The van der Waals surface area contributed by atoms with Gasteiger partial charge in [0.15, 0.2) is 0 Å². The van der Waals surface area contributed by atoms with Crippen molar-refractivity contribution in [2.75, 3.05) is 29.9 Å². The highest BCUT2D eigenvalue weighted by Gasteiger charge is 2.29. The zero-order valence-electron chi connectivity index (χ0n) is 10.4. The summed E-state index contributed by atoms with van der Waals surface area (Å²) in [6.45, 7) is 0.746. The number of nitrogens with zero attached hydrogens (tertiary/aromatic N) is 1. The van der Waals surface area contributed by atoms with E-state index in [2.05, 4.69) is 5.32 Å². The second-order valence-electron chi connectivity index (χ2n) is 4.31. The van der Waals surface area contributed by atoms with Crippen molar-refractivity contribution in [2.24, 2.45) is 0 Å². The van der Waals surface area contributed by atoms with E-state index in [1.54, 1.807) is 28.8 Å². The third-order valence-corrected chi connectivity index (χ3v) is 3.95. The predicted octanol–water partition coefficient (Wildman–Crippen LogP) is 1.13. The zero-order valence-corrected chi connectivity index (χ0v) is 11.2. The summed E-state index contributed by atoms with van der Waals surface area (Å²) in [5, 5.41) is 11.9. The van der Waals surface area contributed by atoms with Crippen molar-refractivity contribution >= 4 is 29.3 Å². The molecule has 0 aliphatic carbocycles. The summed E-state index contributed by atoms with van der Waals surface area (Å²) in [5.41, 5.74) is 0.728. The van der Waals surface area contributed by atoms with Crippen molar-refractivity contribution < 1.29 is 14.7 Å². The quantitative estimate of drug-likeness (QED) is 0.865. The van der Waals surface area contributed by atoms with Crippen LogP contribution in [0.25, 0.3) is 0 Å². The molecular formula is C13H16N2O3S. The number of para-hydroxylation sites is 1. The number of anilines is 1. The predicted molar refractivity (Wildman–Crippen MR) is 75.4 cm³/mol. The van der Waals surface area contributed by atoms with E-state index >= 15 is 0 Å². The Kier molecular flexibility index (Phi) is 4.81. The topological polar surface area (TPSA) is 69.6 Å². The number of carbonyl (C=O) groups is 2. The van der Waals surface area contributed by atoms with Crippen LogP contribution in [0.2, 0.25) is 0 Å². The van der Waals surface area contributed by atoms with E-state index in [0.29, 0.717) is 12.3 Å². The molecule has 1 aromatic carbocycles. The molecule has 0 aromatic heterocycles. The minimum atomic E-state index is -0.861. The number of benzene rings is 1. The van der Waals surface area contributed by atoms with Gasteiger partial charge in [-0.1, -0.05) is 18.2 Å². The Balaban J connectivity index is 1.92. The van der Waals surface area contributed by atoms with Crippen LogP contribution in [0.5, 0.6) is 0 Å². The van der Waals surface area contributed by atoms with Gasteiger partial charge in [0, 0.05) is 23.7 Å². The van der Waals surface area contributed by atoms with Gasteiger partial charge in [0.05, 0.1) is 6.54 Å². The van der Waals surface area contributed by atoms with Crippen LogP contribution in [-0.4, -0.2) is 52.5 Å². The highest BCUT2D eigenvalue weighted by molar-refractivity contribution is 7.99. The van der Waals surface area contributed by atoms with Gasteiger partial charge in [0.25, 0.3) is 0 Å². The molecule has 1 fully saturated rings. The third kappa shape index (κ3) is 3.97. The molecule has 1 saturated heterocycles. The van der Waals surface area contributed by atoms with E-state index < -0.39 is 12.0 Å². The van der Waals surface area contributed by atoms with E-state index in [4.69, 9.17) is 5.11 Å². The molecule has 2 rings (SSSR count). The maximum absolute atomic E-state index is 11.9. The fraction of sp³-hybridized carbons (Fsp3) is 0.385. The van der Waals surface area contributed by atoms with E-state index in [-0.39, 0.29) is 12.5 Å². The molecule has 6 heteroatoms. The molecule has 102 valence electrons. The summed E-state index contributed by atoms with van der Waals surface area (Å²) >= 11 is 1.61. The van der Waals surface area contributed by atoms with E-state index in [1.807, 2.05) is 18.2 Å². The van der Waals surface area contributed by atoms with E-state index in [9.17, 15) is 9.59 Å². The number of hydrogen-bond donors (Lipinski definition) is 2. The zero-order chi connectivity index (χ0) is 13.7. The van der Waals surface area contributed by atoms with E-state index in [1.165, 1.54) is 0 Å². The lowest BCUT2D eigenvalue weighted by Crippen LogP contribution is -2.50. The molecule has 1 unspecified atom stereocenters. The highest BCUT2D eigenvalue weighted by Crippen LogP contribution is 2.16. The van der Waals surface area contributed by atoms with Gasteiger partial charge < -0.3 is 10.4 Å². The molecule has 1 aliphatic heterocycles. The van der Waals surface area contributed by atoms with Gasteiger partial charge in [0.1, 0.15) is 6.04 Å². The van der Waals surface area contributed by atoms with Crippen LogP contribution in [0.3, 0.4) is 0 Å². The SMILES string of the molecule is O=C(CN1CCSCC1C(=O)O)Nc1ccccc1. The summed E-state index contributed by atoms with van der Waals surface area (Å²) in [6, 6.07) is 8.59. The van der Waals surface area contributed by atoms with E-state index in [0.717, 1.165) is 11.4 Å². The molecule has 5 nitrogen and oxygen atoms in total. The van der Waals surface area contributed by atoms with Crippen molar-refractivity contribution in [3.63, 3.8) is 0 Å². The van der Waals surface area contributed by atoms with Crippen LogP contribution in [-0.2, 0) is 9.59 Å². The number of carbonyl (C=O) groups excluding carboxylic acids is 1. The first-order valence-electron chi connectivity index (χ1n) is 6.06. The number of amides is 1. The van der Waals surface area contributed by atoms with Crippen LogP contribution in [0.15, 0.2) is 30.3 Å². The Morgan fingerprint density at radius 3 is 2.79 bits per heavy atom. The fourth-order valence-corrected chi connectivity index (χ4v) is 3.07. The molecule has 0 radical (unpaired) electrons. The Hall–Kier alpha value is -1.53. The molecule has 1 heterocycles. The Morgan fingerprint density at radius 2 is 2.11 bits per heavy atom. The standard InChI is InChI=1S/C13H16N2O3S/c16-12(14-10-4-2-1-3-5-10)8-15-6-7-19-9-11(15)13(17)18/h1-5,11H,6-9H2,(H,14,16)(H,17,18). The number of carboxylic acids is 1. The van der Waals surface area contributed by atoms with Gasteiger partial charge in [-0.15, -0.1) is 0 Å². The Labute approximate surface area is 116 Å². The summed E-state index contributed by atoms with van der Waals surface area (Å²) in [5.74, 6) is 0.361. The molecular weight excluding hydrogens is 264 g/mol. The molecule has 0 spiro atoms. The number of nitrogens with one attached hydrogen (secondary N) is 1. The van der Waals surface area contributed by atoms with Gasteiger partial charge in [-0.25, -0.2) is 0 Å². The number of carboxylic acid groups (broad SMARTS) is 1. The minimum absolute atomic E-state index is 0.117. The van der Waals surface area contributed by atoms with Crippen LogP contribution < -0.4 is 5.32 Å². The number of hydrogen-bond acceptors (Lipinski definition) is 4. The average Bonchev–Trinajstić information content (AvgIpc) is 2.40. The van der Waals surface area contributed by atoms with Crippen molar-refractivity contribution in [3.8, 4) is 0 Å². The summed E-state index contributed by atoms with van der Waals surface area (Å²) in [4.78, 5) is 24.7. The largest absolute Gasteiger partial charge is 0.480 e. The highest BCUT2D eigenvalue weighted by atomic mass is 32.2. The molecule has 1 aliphatic rings. The van der Waals surface area contributed by atoms with Gasteiger partial charge in [-0.2, -0.15) is 11.8 Å². The Bertz CT molecular complexity index is 452. The molecule has 1 atom stereocenters. The summed E-state index contributed by atoms with van der Waals surface area (Å²) in [7, 11) is 0. The smallest absolute Gasteiger partial charge is 0.321 e. The lowest BCUT2D eigenvalue weighted by atomic mass is 10.2. The second kappa shape index (κ2) is 6.58. The lowest BCUT2D eigenvalue weighted by molar-refractivity contribution is -0.142. The first-order chi connectivity index (χ1) is 9.16. The Morgan fingerprint density at radius 1 is 1.37 bits per heavy atom. The molecule has 19 heavy (non-hydrogen) atoms. The van der Waals surface area contributed by atoms with Gasteiger partial charge in [-0.3, -0.25) is 14.5 Å². The molecule has 1 amide bonds. The molecule has 2 N–H and O–H groups in total. The monoisotopic (exact) mass is 280 g/mol. The maximum atomic E-state index is 11.9. The number of aliphatic carboxylic acids is 1. The van der Waals surface area contributed by atoms with Gasteiger partial charge >= 0.3 is 5.97 Å². The first kappa shape index (κ1) is 13.9. The maximum Gasteiger partial charge on any atom is 0.321 e. The van der Waals surface area contributed by atoms with Crippen LogP contribution >= 0.6 is 11.8 Å². The van der Waals surface area contributed by atoms with Crippen molar-refractivity contribution in [3.05, 3.63) is 30.3 Å². The van der Waals surface area contributed by atoms with Crippen molar-refractivity contribution in [1.82, 2.24) is 4.90 Å². The van der Waals surface area contributed by atoms with Gasteiger partial charge in [0.2, 0.25) is 5.91 Å². The van der Waals surface area contributed by atoms with Crippen molar-refractivity contribution in [1.29, 1.82) is 0 Å². The summed E-state index contributed by atoms with van der Waals surface area (Å²) < 4.78 is 0. The molecule has 0 bridgehead atoms. The number of thioether (sulfide) groups is 1. The molecule has 0 saturated carbocycles. The average molecular weight is 280 g/mol. The van der Waals surface area contributed by atoms with Crippen molar-refractivity contribution in [2.45, 2.75) is 6.04 Å². The van der Waals surface area contributed by atoms with Crippen LogP contribution in [0, 0.1) is 0 Å². The van der Waals surface area contributed by atoms with Gasteiger partial charge in [-0.05, 0) is 12.1 Å². The molecule has 1 aromatic rings. The van der Waals surface area contributed by atoms with Crippen LogP contribution in [0.4, 0.5) is 5.69 Å². The normalized spacial score (nSPS) is 19.9. The fourth-order valence-electron chi connectivity index (χ4n) is 1.96. The third-order valence-electron chi connectivity index (χ3n) is 2.93. The summed E-state index contributed by atoms with van der Waals surface area (Å²) in [6.07, 6.45) is 0. The second-order valence-corrected chi connectivity index (χ2v) is 5.46. The van der Waals surface area contributed by atoms with Crippen LogP contribution in [0.1, 0.15) is 0 Å².